The molecule has 0 spiro atoms. The maximum absolute atomic E-state index is 12.0. The number of methoxy groups -OCH3 is 1. The predicted molar refractivity (Wildman–Crippen MR) is 127 cm³/mol. The van der Waals surface area contributed by atoms with Gasteiger partial charge in [-0.05, 0) is 51.7 Å². The first kappa shape index (κ1) is 22.8. The van der Waals surface area contributed by atoms with Crippen molar-refractivity contribution in [3.05, 3.63) is 92.9 Å². The van der Waals surface area contributed by atoms with Crippen LogP contribution in [0.4, 0.5) is 0 Å². The maximum atomic E-state index is 12.0. The van der Waals surface area contributed by atoms with Crippen molar-refractivity contribution in [3.63, 3.8) is 0 Å². The Morgan fingerprint density at radius 2 is 1.87 bits per heavy atom. The summed E-state index contributed by atoms with van der Waals surface area (Å²) in [4.78, 5) is 12.0. The fourth-order valence-electron chi connectivity index (χ4n) is 2.86. The number of carbonyl (C=O) groups is 1. The second kappa shape index (κ2) is 11.5. The van der Waals surface area contributed by atoms with Gasteiger partial charge in [0.1, 0.15) is 6.61 Å². The largest absolute Gasteiger partial charge is 0.493 e. The minimum Gasteiger partial charge on any atom is -0.493 e. The first-order chi connectivity index (χ1) is 15.1. The standard InChI is InChI=1S/C24H22BrClN2O3/c1-30-22-14-18(15-27-28-23(29)12-11-17-7-3-2-4-8-17)13-20(25)24(22)31-16-19-9-5-6-10-21(19)26/h2-10,13-15H,11-12,16H2,1H3,(H,28,29). The van der Waals surface area contributed by atoms with Crippen LogP contribution in [-0.2, 0) is 17.8 Å². The minimum atomic E-state index is -0.147. The lowest BCUT2D eigenvalue weighted by molar-refractivity contribution is -0.121. The van der Waals surface area contributed by atoms with Gasteiger partial charge in [0.05, 0.1) is 17.8 Å². The maximum Gasteiger partial charge on any atom is 0.240 e. The van der Waals surface area contributed by atoms with Gasteiger partial charge >= 0.3 is 0 Å². The van der Waals surface area contributed by atoms with Crippen LogP contribution in [0.5, 0.6) is 11.5 Å². The molecule has 0 fully saturated rings. The van der Waals surface area contributed by atoms with Crippen LogP contribution in [0.25, 0.3) is 0 Å². The van der Waals surface area contributed by atoms with Crippen LogP contribution in [0.1, 0.15) is 23.1 Å². The number of ether oxygens (including phenoxy) is 2. The highest BCUT2D eigenvalue weighted by atomic mass is 79.9. The molecule has 0 saturated carbocycles. The zero-order chi connectivity index (χ0) is 22.1. The Bertz CT molecular complexity index is 1060. The number of amides is 1. The quantitative estimate of drug-likeness (QED) is 0.299. The molecule has 0 aromatic heterocycles. The van der Waals surface area contributed by atoms with E-state index < -0.39 is 0 Å². The van der Waals surface area contributed by atoms with Gasteiger partial charge < -0.3 is 9.47 Å². The summed E-state index contributed by atoms with van der Waals surface area (Å²) in [7, 11) is 1.57. The molecule has 7 heteroatoms. The van der Waals surface area contributed by atoms with E-state index in [-0.39, 0.29) is 5.91 Å². The predicted octanol–water partition coefficient (Wildman–Crippen LogP) is 5.77. The second-order valence-corrected chi connectivity index (χ2v) is 7.95. The average Bonchev–Trinajstić information content (AvgIpc) is 2.78. The Labute approximate surface area is 195 Å². The molecular formula is C24H22BrClN2O3. The highest BCUT2D eigenvalue weighted by Crippen LogP contribution is 2.37. The van der Waals surface area contributed by atoms with E-state index in [1.54, 1.807) is 19.4 Å². The second-order valence-electron chi connectivity index (χ2n) is 6.69. The molecule has 1 amide bonds. The van der Waals surface area contributed by atoms with Gasteiger partial charge in [-0.1, -0.05) is 60.1 Å². The van der Waals surface area contributed by atoms with Gasteiger partial charge in [0.2, 0.25) is 5.91 Å². The van der Waals surface area contributed by atoms with E-state index in [9.17, 15) is 4.79 Å². The Hall–Kier alpha value is -2.83. The number of carbonyl (C=O) groups excluding carboxylic acids is 1. The summed E-state index contributed by atoms with van der Waals surface area (Å²) in [5, 5.41) is 4.69. The molecule has 3 aromatic carbocycles. The summed E-state index contributed by atoms with van der Waals surface area (Å²) >= 11 is 9.71. The van der Waals surface area contributed by atoms with Crippen LogP contribution in [-0.4, -0.2) is 19.2 Å². The lowest BCUT2D eigenvalue weighted by Crippen LogP contribution is -2.17. The Morgan fingerprint density at radius 3 is 2.61 bits per heavy atom. The van der Waals surface area contributed by atoms with Crippen LogP contribution in [0, 0.1) is 0 Å². The molecule has 5 nitrogen and oxygen atoms in total. The Kier molecular flexibility index (Phi) is 8.50. The van der Waals surface area contributed by atoms with Gasteiger partial charge in [-0.3, -0.25) is 4.79 Å². The smallest absolute Gasteiger partial charge is 0.240 e. The third kappa shape index (κ3) is 6.84. The molecule has 1 N–H and O–H groups in total. The van der Waals surface area contributed by atoms with Gasteiger partial charge in [-0.25, -0.2) is 5.43 Å². The van der Waals surface area contributed by atoms with Crippen LogP contribution in [0.3, 0.4) is 0 Å². The number of aryl methyl sites for hydroxylation is 1. The van der Waals surface area contributed by atoms with E-state index in [0.29, 0.717) is 40.4 Å². The third-order valence-corrected chi connectivity index (χ3v) is 5.43. The summed E-state index contributed by atoms with van der Waals surface area (Å²) in [6.07, 6.45) is 2.59. The fraction of sp³-hybridized carbons (Fsp3) is 0.167. The summed E-state index contributed by atoms with van der Waals surface area (Å²) in [6, 6.07) is 21.0. The molecule has 3 aromatic rings. The lowest BCUT2D eigenvalue weighted by Gasteiger charge is -2.14. The molecule has 160 valence electrons. The van der Waals surface area contributed by atoms with Crippen LogP contribution in [0.2, 0.25) is 5.02 Å². The van der Waals surface area contributed by atoms with Crippen molar-refractivity contribution in [3.8, 4) is 11.5 Å². The highest BCUT2D eigenvalue weighted by Gasteiger charge is 2.12. The number of nitrogens with zero attached hydrogens (tertiary/aromatic N) is 1. The number of hydrogen-bond acceptors (Lipinski definition) is 4. The van der Waals surface area contributed by atoms with Gasteiger partial charge in [-0.15, -0.1) is 0 Å². The van der Waals surface area contributed by atoms with Gasteiger partial charge in [0.15, 0.2) is 11.5 Å². The first-order valence-corrected chi connectivity index (χ1v) is 10.8. The number of rotatable bonds is 9. The molecule has 0 bridgehead atoms. The molecule has 0 atom stereocenters. The van der Waals surface area contributed by atoms with E-state index >= 15 is 0 Å². The van der Waals surface area contributed by atoms with Crippen molar-refractivity contribution in [2.45, 2.75) is 19.4 Å². The Balaban J connectivity index is 1.59. The molecule has 0 heterocycles. The molecule has 0 aliphatic heterocycles. The number of nitrogens with one attached hydrogen (secondary N) is 1. The number of halogens is 2. The summed E-state index contributed by atoms with van der Waals surface area (Å²) < 4.78 is 12.1. The number of benzene rings is 3. The van der Waals surface area contributed by atoms with Crippen molar-refractivity contribution < 1.29 is 14.3 Å². The molecule has 31 heavy (non-hydrogen) atoms. The molecular weight excluding hydrogens is 480 g/mol. The van der Waals surface area contributed by atoms with Crippen molar-refractivity contribution >= 4 is 39.7 Å². The van der Waals surface area contributed by atoms with E-state index in [2.05, 4.69) is 26.5 Å². The van der Waals surface area contributed by atoms with Crippen LogP contribution in [0.15, 0.2) is 76.3 Å². The zero-order valence-corrected chi connectivity index (χ0v) is 19.3. The summed E-state index contributed by atoms with van der Waals surface area (Å²) in [5.74, 6) is 0.954. The third-order valence-electron chi connectivity index (χ3n) is 4.47. The van der Waals surface area contributed by atoms with E-state index in [4.69, 9.17) is 21.1 Å². The topological polar surface area (TPSA) is 59.9 Å². The molecule has 0 aliphatic rings. The minimum absolute atomic E-state index is 0.147. The summed E-state index contributed by atoms with van der Waals surface area (Å²) in [6.45, 7) is 0.305. The number of hydrazone groups is 1. The van der Waals surface area contributed by atoms with Gasteiger partial charge in [0.25, 0.3) is 0 Å². The van der Waals surface area contributed by atoms with Gasteiger partial charge in [-0.2, -0.15) is 5.10 Å². The molecule has 3 rings (SSSR count). The lowest BCUT2D eigenvalue weighted by atomic mass is 10.1. The van der Waals surface area contributed by atoms with E-state index in [0.717, 1.165) is 16.7 Å². The molecule has 0 saturated heterocycles. The monoisotopic (exact) mass is 500 g/mol. The van der Waals surface area contributed by atoms with Crippen molar-refractivity contribution in [1.29, 1.82) is 0 Å². The molecule has 0 radical (unpaired) electrons. The van der Waals surface area contributed by atoms with Crippen molar-refractivity contribution in [1.82, 2.24) is 5.43 Å². The fourth-order valence-corrected chi connectivity index (χ4v) is 3.62. The highest BCUT2D eigenvalue weighted by molar-refractivity contribution is 9.10. The Morgan fingerprint density at radius 1 is 1.13 bits per heavy atom. The number of hydrogen-bond donors (Lipinski definition) is 1. The summed E-state index contributed by atoms with van der Waals surface area (Å²) in [5.41, 5.74) is 5.29. The molecule has 0 aliphatic carbocycles. The van der Waals surface area contributed by atoms with Crippen LogP contribution < -0.4 is 14.9 Å². The van der Waals surface area contributed by atoms with Crippen molar-refractivity contribution in [2.24, 2.45) is 5.10 Å². The normalized spacial score (nSPS) is 10.8. The zero-order valence-electron chi connectivity index (χ0n) is 17.0. The van der Waals surface area contributed by atoms with Crippen molar-refractivity contribution in [2.75, 3.05) is 7.11 Å². The average molecular weight is 502 g/mol. The van der Waals surface area contributed by atoms with Gasteiger partial charge in [0, 0.05) is 17.0 Å². The SMILES string of the molecule is COc1cc(C=NNC(=O)CCc2ccccc2)cc(Br)c1OCc1ccccc1Cl. The first-order valence-electron chi connectivity index (χ1n) is 9.66. The van der Waals surface area contributed by atoms with E-state index in [1.807, 2.05) is 60.7 Å². The molecule has 0 unspecified atom stereocenters. The van der Waals surface area contributed by atoms with E-state index in [1.165, 1.54) is 0 Å². The van der Waals surface area contributed by atoms with Crippen LogP contribution >= 0.6 is 27.5 Å².